The Balaban J connectivity index is 0.000000118. The van der Waals surface area contributed by atoms with Crippen LogP contribution >= 0.6 is 34.8 Å². The van der Waals surface area contributed by atoms with Gasteiger partial charge in [0.2, 0.25) is 0 Å². The number of hydrogen-bond acceptors (Lipinski definition) is 4. The molecule has 10 aromatic rings. The van der Waals surface area contributed by atoms with Crippen LogP contribution in [0.1, 0.15) is 38.8 Å². The molecule has 1 saturated heterocycles. The predicted octanol–water partition coefficient (Wildman–Crippen LogP) is 16.3. The highest BCUT2D eigenvalue weighted by Gasteiger charge is 2.52. The Morgan fingerprint density at radius 1 is 0.455 bits per heavy atom. The fraction of sp³-hybridized carbons (Fsp3) is 0.138. The van der Waals surface area contributed by atoms with E-state index < -0.39 is 0 Å². The SMILES string of the molecule is Cc1cc(-c2nccc3cc(Cl)ccc23)cc2c1-c1cccc3cccc-2c13.Cc1cc(B2OC(C)(C)C(C)(C)O2)cc2c1-c1cccc3cccc-2c13.Clc1ccc2c(Cl)nccc2c1. The molecule has 3 heterocycles. The van der Waals surface area contributed by atoms with E-state index in [9.17, 15) is 0 Å². The maximum Gasteiger partial charge on any atom is 0.494 e. The molecule has 0 radical (unpaired) electrons. The number of nitrogens with zero attached hydrogens (tertiary/aromatic N) is 2. The van der Waals surface area contributed by atoms with Gasteiger partial charge in [0.1, 0.15) is 5.15 Å². The first kappa shape index (κ1) is 42.6. The van der Waals surface area contributed by atoms with Gasteiger partial charge in [-0.15, -0.1) is 0 Å². The number of halogens is 3. The first-order chi connectivity index (χ1) is 31.8. The van der Waals surface area contributed by atoms with Crippen LogP contribution in [0.2, 0.25) is 15.2 Å². The zero-order valence-electron chi connectivity index (χ0n) is 37.4. The third-order valence-electron chi connectivity index (χ3n) is 13.8. The summed E-state index contributed by atoms with van der Waals surface area (Å²) < 4.78 is 12.6. The fourth-order valence-corrected chi connectivity index (χ4v) is 10.6. The third-order valence-corrected chi connectivity index (χ3v) is 14.6. The van der Waals surface area contributed by atoms with E-state index in [1.165, 1.54) is 77.2 Å². The van der Waals surface area contributed by atoms with E-state index in [1.807, 2.05) is 42.6 Å². The average molecular weight is 918 g/mol. The highest BCUT2D eigenvalue weighted by Crippen LogP contribution is 2.51. The highest BCUT2D eigenvalue weighted by atomic mass is 35.5. The lowest BCUT2D eigenvalue weighted by Gasteiger charge is -2.32. The summed E-state index contributed by atoms with van der Waals surface area (Å²) in [7, 11) is -0.327. The van der Waals surface area contributed by atoms with E-state index in [2.05, 4.69) is 150 Å². The van der Waals surface area contributed by atoms with Gasteiger partial charge < -0.3 is 9.31 Å². The number of hydrogen-bond donors (Lipinski definition) is 0. The normalized spacial score (nSPS) is 14.5. The molecule has 1 aliphatic heterocycles. The lowest BCUT2D eigenvalue weighted by Crippen LogP contribution is -2.41. The van der Waals surface area contributed by atoms with E-state index in [0.717, 1.165) is 43.3 Å². The number of aromatic nitrogens is 2. The monoisotopic (exact) mass is 916 g/mol. The maximum atomic E-state index is 6.29. The molecule has 0 bridgehead atoms. The molecule has 1 fully saturated rings. The summed E-state index contributed by atoms with van der Waals surface area (Å²) in [5.74, 6) is 0. The third kappa shape index (κ3) is 7.08. The molecule has 322 valence electrons. The van der Waals surface area contributed by atoms with Crippen molar-refractivity contribution < 1.29 is 9.31 Å². The Bertz CT molecular complexity index is 3620. The van der Waals surface area contributed by atoms with Gasteiger partial charge in [-0.25, -0.2) is 4.98 Å². The molecular weight excluding hydrogens is 874 g/mol. The zero-order chi connectivity index (χ0) is 45.6. The molecule has 13 rings (SSSR count). The van der Waals surface area contributed by atoms with Crippen molar-refractivity contribution >= 4 is 90.5 Å². The van der Waals surface area contributed by atoms with Crippen molar-refractivity contribution in [3.8, 4) is 55.8 Å². The molecule has 0 atom stereocenters. The van der Waals surface area contributed by atoms with Gasteiger partial charge in [0.05, 0.1) is 16.9 Å². The molecule has 0 spiro atoms. The second-order valence-corrected chi connectivity index (χ2v) is 19.7. The van der Waals surface area contributed by atoms with Crippen LogP contribution < -0.4 is 5.46 Å². The van der Waals surface area contributed by atoms with Gasteiger partial charge in [-0.1, -0.05) is 126 Å². The summed E-state index contributed by atoms with van der Waals surface area (Å²) >= 11 is 17.9. The van der Waals surface area contributed by atoms with Crippen molar-refractivity contribution in [3.05, 3.63) is 184 Å². The molecule has 8 aromatic carbocycles. The lowest BCUT2D eigenvalue weighted by molar-refractivity contribution is 0.00578. The van der Waals surface area contributed by atoms with Gasteiger partial charge in [-0.2, -0.15) is 0 Å². The molecule has 0 N–H and O–H groups in total. The second kappa shape index (κ2) is 16.1. The van der Waals surface area contributed by atoms with E-state index in [1.54, 1.807) is 12.3 Å². The second-order valence-electron chi connectivity index (χ2n) is 18.5. The van der Waals surface area contributed by atoms with Crippen LogP contribution in [0.15, 0.2) is 158 Å². The largest absolute Gasteiger partial charge is 0.494 e. The van der Waals surface area contributed by atoms with Crippen molar-refractivity contribution in [2.45, 2.75) is 52.7 Å². The van der Waals surface area contributed by atoms with Crippen LogP contribution in [-0.2, 0) is 9.31 Å². The number of fused-ring (bicyclic) bond motifs is 8. The average Bonchev–Trinajstić information content (AvgIpc) is 3.89. The van der Waals surface area contributed by atoms with Gasteiger partial charge in [0.15, 0.2) is 0 Å². The number of pyridine rings is 2. The van der Waals surface area contributed by atoms with Crippen molar-refractivity contribution in [1.82, 2.24) is 9.97 Å². The Hall–Kier alpha value is -6.05. The molecule has 66 heavy (non-hydrogen) atoms. The predicted molar refractivity (Wildman–Crippen MR) is 279 cm³/mol. The summed E-state index contributed by atoms with van der Waals surface area (Å²) in [4.78, 5) is 8.69. The smallest absolute Gasteiger partial charge is 0.399 e. The molecule has 2 aromatic heterocycles. The van der Waals surface area contributed by atoms with Crippen LogP contribution in [0.3, 0.4) is 0 Å². The minimum absolute atomic E-state index is 0.326. The standard InChI is InChI=1S/C26H16ClN.C23H23BO2.C9H5Cl2N/c1-15-12-18(26-20-9-8-19(27)13-17(20)10-11-28-26)14-23-21-6-2-4-16-5-3-7-22(24(15)23)25(16)21;1-14-12-16(24-25-22(2,3)23(4,5)26-24)13-19-17-10-6-8-15-9-7-11-18(20(14)19)21(15)17;10-7-1-2-8-6(5-7)3-4-12-9(8)11/h2-14H,1H3;6-13H,1-5H3;1-5H. The molecule has 0 amide bonds. The van der Waals surface area contributed by atoms with Gasteiger partial charge >= 0.3 is 7.12 Å². The van der Waals surface area contributed by atoms with Crippen molar-refractivity contribution in [2.24, 2.45) is 0 Å². The Morgan fingerprint density at radius 2 is 0.939 bits per heavy atom. The van der Waals surface area contributed by atoms with Crippen LogP contribution in [0.25, 0.3) is 98.9 Å². The minimum atomic E-state index is -0.327. The van der Waals surface area contributed by atoms with Crippen LogP contribution in [0, 0.1) is 13.8 Å². The summed E-state index contributed by atoms with van der Waals surface area (Å²) in [6, 6.07) is 50.8. The van der Waals surface area contributed by atoms with Crippen molar-refractivity contribution in [1.29, 1.82) is 0 Å². The number of aryl methyl sites for hydroxylation is 2. The minimum Gasteiger partial charge on any atom is -0.399 e. The molecule has 4 nitrogen and oxygen atoms in total. The van der Waals surface area contributed by atoms with E-state index in [-0.39, 0.29) is 18.3 Å². The number of benzene rings is 8. The van der Waals surface area contributed by atoms with Gasteiger partial charge in [0, 0.05) is 38.8 Å². The summed E-state index contributed by atoms with van der Waals surface area (Å²) in [6.45, 7) is 12.8. The van der Waals surface area contributed by atoms with Crippen molar-refractivity contribution in [2.75, 3.05) is 0 Å². The molecule has 2 aliphatic carbocycles. The Morgan fingerprint density at radius 3 is 1.52 bits per heavy atom. The molecule has 0 unspecified atom stereocenters. The Labute approximate surface area is 400 Å². The van der Waals surface area contributed by atoms with E-state index >= 15 is 0 Å². The van der Waals surface area contributed by atoms with Gasteiger partial charge in [-0.05, 0) is 190 Å². The van der Waals surface area contributed by atoms with Gasteiger partial charge in [-0.3, -0.25) is 4.98 Å². The highest BCUT2D eigenvalue weighted by molar-refractivity contribution is 6.62. The molecule has 0 saturated carbocycles. The summed E-state index contributed by atoms with van der Waals surface area (Å²) in [5, 5.41) is 11.5. The lowest BCUT2D eigenvalue weighted by atomic mass is 9.76. The summed E-state index contributed by atoms with van der Waals surface area (Å²) in [5.41, 5.74) is 15.7. The van der Waals surface area contributed by atoms with Gasteiger partial charge in [0.25, 0.3) is 0 Å². The maximum absolute atomic E-state index is 6.29. The first-order valence-electron chi connectivity index (χ1n) is 22.2. The number of rotatable bonds is 2. The van der Waals surface area contributed by atoms with Crippen LogP contribution in [0.4, 0.5) is 0 Å². The quantitative estimate of drug-likeness (QED) is 0.128. The summed E-state index contributed by atoms with van der Waals surface area (Å²) in [6.07, 6.45) is 3.53. The Kier molecular flexibility index (Phi) is 10.4. The zero-order valence-corrected chi connectivity index (χ0v) is 39.7. The van der Waals surface area contributed by atoms with Crippen LogP contribution in [-0.4, -0.2) is 28.3 Å². The fourth-order valence-electron chi connectivity index (χ4n) is 10.0. The molecule has 3 aliphatic rings. The molecular formula is C58H44BCl3N2O2. The van der Waals surface area contributed by atoms with E-state index in [4.69, 9.17) is 49.1 Å². The molecule has 8 heteroatoms. The van der Waals surface area contributed by atoms with E-state index in [0.29, 0.717) is 10.2 Å². The van der Waals surface area contributed by atoms with Crippen LogP contribution in [0.5, 0.6) is 0 Å². The van der Waals surface area contributed by atoms with Crippen molar-refractivity contribution in [3.63, 3.8) is 0 Å². The first-order valence-corrected chi connectivity index (χ1v) is 23.3. The topological polar surface area (TPSA) is 44.2 Å².